The molecule has 0 spiro atoms. The molecular formula is C13H14N4O. The van der Waals surface area contributed by atoms with Crippen molar-refractivity contribution < 1.29 is 4.74 Å². The smallest absolute Gasteiger partial charge is 0.189 e. The molecule has 92 valence electrons. The normalized spacial score (nSPS) is 10.1. The van der Waals surface area contributed by atoms with E-state index in [1.807, 2.05) is 38.1 Å². The Morgan fingerprint density at radius 3 is 2.89 bits per heavy atom. The fourth-order valence-electron chi connectivity index (χ4n) is 1.65. The van der Waals surface area contributed by atoms with Crippen molar-refractivity contribution >= 4 is 0 Å². The average molecular weight is 242 g/mol. The summed E-state index contributed by atoms with van der Waals surface area (Å²) in [5.74, 6) is 0.820. The molecule has 1 aromatic heterocycles. The highest BCUT2D eigenvalue weighted by atomic mass is 16.5. The van der Waals surface area contributed by atoms with Gasteiger partial charge in [-0.2, -0.15) is 5.26 Å². The van der Waals surface area contributed by atoms with Crippen LogP contribution in [0.5, 0.6) is 5.75 Å². The summed E-state index contributed by atoms with van der Waals surface area (Å²) in [7, 11) is 1.75. The van der Waals surface area contributed by atoms with Crippen molar-refractivity contribution in [1.29, 1.82) is 5.26 Å². The van der Waals surface area contributed by atoms with Crippen LogP contribution in [0.15, 0.2) is 18.2 Å². The van der Waals surface area contributed by atoms with E-state index in [1.54, 1.807) is 11.7 Å². The largest absolute Gasteiger partial charge is 0.487 e. The van der Waals surface area contributed by atoms with Gasteiger partial charge in [0.2, 0.25) is 0 Å². The lowest BCUT2D eigenvalue weighted by atomic mass is 10.1. The van der Waals surface area contributed by atoms with E-state index >= 15 is 0 Å². The second kappa shape index (κ2) is 4.88. The van der Waals surface area contributed by atoms with Crippen molar-refractivity contribution in [3.8, 4) is 11.8 Å². The van der Waals surface area contributed by atoms with Crippen molar-refractivity contribution in [2.45, 2.75) is 20.5 Å². The van der Waals surface area contributed by atoms with Crippen LogP contribution in [0, 0.1) is 25.2 Å². The molecule has 0 radical (unpaired) electrons. The maximum Gasteiger partial charge on any atom is 0.189 e. The SMILES string of the molecule is Cc1cccc(OCc2c(C#N)nnn2C)c1C. The first kappa shape index (κ1) is 12.1. The van der Waals surface area contributed by atoms with Crippen molar-refractivity contribution in [2.24, 2.45) is 7.05 Å². The highest BCUT2D eigenvalue weighted by Crippen LogP contribution is 2.21. The van der Waals surface area contributed by atoms with Gasteiger partial charge in [0, 0.05) is 7.05 Å². The molecule has 5 nitrogen and oxygen atoms in total. The van der Waals surface area contributed by atoms with Gasteiger partial charge in [-0.25, -0.2) is 4.68 Å². The minimum absolute atomic E-state index is 0.288. The summed E-state index contributed by atoms with van der Waals surface area (Å²) < 4.78 is 7.29. The van der Waals surface area contributed by atoms with E-state index in [0.717, 1.165) is 11.3 Å². The number of hydrogen-bond acceptors (Lipinski definition) is 4. The third-order valence-electron chi connectivity index (χ3n) is 2.97. The summed E-state index contributed by atoms with van der Waals surface area (Å²) >= 11 is 0. The van der Waals surface area contributed by atoms with E-state index in [4.69, 9.17) is 10.00 Å². The van der Waals surface area contributed by atoms with Crippen LogP contribution in [-0.2, 0) is 13.7 Å². The third kappa shape index (κ3) is 2.18. The minimum atomic E-state index is 0.288. The summed E-state index contributed by atoms with van der Waals surface area (Å²) in [5.41, 5.74) is 3.27. The van der Waals surface area contributed by atoms with Gasteiger partial charge in [-0.15, -0.1) is 5.10 Å². The Labute approximate surface area is 106 Å². The minimum Gasteiger partial charge on any atom is -0.487 e. The van der Waals surface area contributed by atoms with Crippen LogP contribution in [0.2, 0.25) is 0 Å². The molecule has 0 atom stereocenters. The van der Waals surface area contributed by atoms with Crippen LogP contribution < -0.4 is 4.74 Å². The van der Waals surface area contributed by atoms with Crippen molar-refractivity contribution in [3.63, 3.8) is 0 Å². The van der Waals surface area contributed by atoms with E-state index in [9.17, 15) is 0 Å². The molecule has 0 fully saturated rings. The van der Waals surface area contributed by atoms with Crippen molar-refractivity contribution in [2.75, 3.05) is 0 Å². The van der Waals surface area contributed by atoms with Crippen LogP contribution >= 0.6 is 0 Å². The zero-order valence-electron chi connectivity index (χ0n) is 10.6. The summed E-state index contributed by atoms with van der Waals surface area (Å²) in [6, 6.07) is 7.90. The Morgan fingerprint density at radius 2 is 2.17 bits per heavy atom. The molecule has 18 heavy (non-hydrogen) atoms. The van der Waals surface area contributed by atoms with Crippen molar-refractivity contribution in [3.05, 3.63) is 40.7 Å². The number of benzene rings is 1. The van der Waals surface area contributed by atoms with Gasteiger partial charge in [-0.05, 0) is 31.0 Å². The summed E-state index contributed by atoms with van der Waals surface area (Å²) in [4.78, 5) is 0. The van der Waals surface area contributed by atoms with E-state index in [1.165, 1.54) is 5.56 Å². The third-order valence-corrected chi connectivity index (χ3v) is 2.97. The van der Waals surface area contributed by atoms with Gasteiger partial charge in [0.25, 0.3) is 0 Å². The molecule has 0 bridgehead atoms. The Hall–Kier alpha value is -2.35. The fraction of sp³-hybridized carbons (Fsp3) is 0.308. The Balaban J connectivity index is 2.19. The Kier molecular flexibility index (Phi) is 3.28. The Morgan fingerprint density at radius 1 is 1.39 bits per heavy atom. The van der Waals surface area contributed by atoms with Crippen LogP contribution in [0.3, 0.4) is 0 Å². The topological polar surface area (TPSA) is 63.7 Å². The standard InChI is InChI=1S/C13H14N4O/c1-9-5-4-6-13(10(9)2)18-8-12-11(7-14)15-16-17(12)3/h4-6H,8H2,1-3H3. The number of hydrogen-bond donors (Lipinski definition) is 0. The zero-order chi connectivity index (χ0) is 13.1. The number of nitriles is 1. The second-order valence-electron chi connectivity index (χ2n) is 4.11. The highest BCUT2D eigenvalue weighted by Gasteiger charge is 2.11. The van der Waals surface area contributed by atoms with E-state index in [-0.39, 0.29) is 6.61 Å². The molecule has 5 heteroatoms. The van der Waals surface area contributed by atoms with Crippen LogP contribution in [0.1, 0.15) is 22.5 Å². The van der Waals surface area contributed by atoms with Gasteiger partial charge >= 0.3 is 0 Å². The highest BCUT2D eigenvalue weighted by molar-refractivity contribution is 5.38. The quantitative estimate of drug-likeness (QED) is 0.824. The van der Waals surface area contributed by atoms with Crippen LogP contribution in [0.25, 0.3) is 0 Å². The maximum absolute atomic E-state index is 8.91. The molecule has 0 aliphatic heterocycles. The van der Waals surface area contributed by atoms with Gasteiger partial charge in [0.05, 0.1) is 0 Å². The average Bonchev–Trinajstić information content (AvgIpc) is 2.72. The van der Waals surface area contributed by atoms with Gasteiger partial charge < -0.3 is 4.74 Å². The van der Waals surface area contributed by atoms with Gasteiger partial charge in [-0.3, -0.25) is 0 Å². The lowest BCUT2D eigenvalue weighted by molar-refractivity contribution is 0.292. The first-order valence-electron chi connectivity index (χ1n) is 5.61. The Bertz CT molecular complexity index is 610. The first-order valence-corrected chi connectivity index (χ1v) is 5.61. The van der Waals surface area contributed by atoms with Gasteiger partial charge in [0.1, 0.15) is 24.1 Å². The molecule has 0 unspecified atom stereocenters. The molecule has 2 rings (SSSR count). The number of aryl methyl sites for hydroxylation is 2. The maximum atomic E-state index is 8.91. The molecule has 2 aromatic rings. The molecule has 0 N–H and O–H groups in total. The zero-order valence-corrected chi connectivity index (χ0v) is 10.6. The second-order valence-corrected chi connectivity index (χ2v) is 4.11. The fourth-order valence-corrected chi connectivity index (χ4v) is 1.65. The number of ether oxygens (including phenoxy) is 1. The number of nitrogens with zero attached hydrogens (tertiary/aromatic N) is 4. The molecule has 0 saturated carbocycles. The summed E-state index contributed by atoms with van der Waals surface area (Å²) in [6.07, 6.45) is 0. The summed E-state index contributed by atoms with van der Waals surface area (Å²) in [5, 5.41) is 16.5. The molecule has 0 amide bonds. The van der Waals surface area contributed by atoms with Crippen LogP contribution in [-0.4, -0.2) is 15.0 Å². The predicted octanol–water partition coefficient (Wildman–Crippen LogP) is 1.88. The van der Waals surface area contributed by atoms with Gasteiger partial charge in [0.15, 0.2) is 5.69 Å². The molecule has 0 aliphatic carbocycles. The van der Waals surface area contributed by atoms with E-state index in [2.05, 4.69) is 10.3 Å². The number of rotatable bonds is 3. The lowest BCUT2D eigenvalue weighted by Crippen LogP contribution is -2.05. The predicted molar refractivity (Wildman–Crippen MR) is 66.0 cm³/mol. The summed E-state index contributed by atoms with van der Waals surface area (Å²) in [6.45, 7) is 4.34. The molecule has 0 aliphatic rings. The van der Waals surface area contributed by atoms with Gasteiger partial charge in [-0.1, -0.05) is 17.3 Å². The molecule has 1 aromatic carbocycles. The molecule has 1 heterocycles. The lowest BCUT2D eigenvalue weighted by Gasteiger charge is -2.10. The monoisotopic (exact) mass is 242 g/mol. The number of aromatic nitrogens is 3. The first-order chi connectivity index (χ1) is 8.63. The van der Waals surface area contributed by atoms with E-state index < -0.39 is 0 Å². The van der Waals surface area contributed by atoms with Crippen molar-refractivity contribution in [1.82, 2.24) is 15.0 Å². The molecule has 0 saturated heterocycles. The molecular weight excluding hydrogens is 228 g/mol. The van der Waals surface area contributed by atoms with E-state index in [0.29, 0.717) is 11.4 Å². The van der Waals surface area contributed by atoms with Crippen LogP contribution in [0.4, 0.5) is 0 Å².